The second-order valence-electron chi connectivity index (χ2n) is 8.59. The van der Waals surface area contributed by atoms with Crippen molar-refractivity contribution in [2.75, 3.05) is 7.11 Å². The molecule has 1 atom stereocenters. The molecule has 1 heterocycles. The van der Waals surface area contributed by atoms with Crippen LogP contribution in [0, 0.1) is 0 Å². The summed E-state index contributed by atoms with van der Waals surface area (Å²) >= 11 is 0.860. The first kappa shape index (κ1) is 25.8. The van der Waals surface area contributed by atoms with Crippen molar-refractivity contribution in [3.05, 3.63) is 64.6 Å². The van der Waals surface area contributed by atoms with Crippen LogP contribution in [0.3, 0.4) is 0 Å². The number of nitrogens with one attached hydrogen (secondary N) is 2. The molecule has 0 aromatic heterocycles. The maximum absolute atomic E-state index is 12.1. The number of alkyl carbamates (subject to hydrolysis) is 1. The summed E-state index contributed by atoms with van der Waals surface area (Å²) in [6.45, 7) is 5.20. The summed E-state index contributed by atoms with van der Waals surface area (Å²) in [6, 6.07) is 13.2. The van der Waals surface area contributed by atoms with Gasteiger partial charge in [-0.3, -0.25) is 14.9 Å². The van der Waals surface area contributed by atoms with Crippen LogP contribution in [0.5, 0.6) is 11.5 Å². The Labute approximate surface area is 207 Å². The molecule has 2 aromatic carbocycles. The Kier molecular flexibility index (Phi) is 8.18. The van der Waals surface area contributed by atoms with Crippen LogP contribution in [0.1, 0.15) is 31.9 Å². The minimum Gasteiger partial charge on any atom is -0.467 e. The van der Waals surface area contributed by atoms with Gasteiger partial charge in [0.2, 0.25) is 0 Å². The van der Waals surface area contributed by atoms with E-state index in [-0.39, 0.29) is 11.7 Å². The second-order valence-corrected chi connectivity index (χ2v) is 9.61. The fourth-order valence-corrected chi connectivity index (χ4v) is 3.74. The number of ether oxygens (including phenoxy) is 3. The molecule has 0 unspecified atom stereocenters. The summed E-state index contributed by atoms with van der Waals surface area (Å²) in [5.41, 5.74) is 0.848. The lowest BCUT2D eigenvalue weighted by Crippen LogP contribution is -2.45. The molecule has 1 aliphatic heterocycles. The van der Waals surface area contributed by atoms with Crippen LogP contribution >= 0.6 is 11.8 Å². The minimum absolute atomic E-state index is 0.212. The Morgan fingerprint density at radius 2 is 1.63 bits per heavy atom. The van der Waals surface area contributed by atoms with Crippen LogP contribution in [0.15, 0.2) is 53.4 Å². The maximum Gasteiger partial charge on any atom is 0.408 e. The molecule has 2 N–H and O–H groups in total. The lowest BCUT2D eigenvalue weighted by atomic mass is 10.1. The highest BCUT2D eigenvalue weighted by molar-refractivity contribution is 8.18. The molecule has 2 aromatic rings. The van der Waals surface area contributed by atoms with Gasteiger partial charge in [-0.05, 0) is 74.0 Å². The molecule has 0 aliphatic carbocycles. The SMILES string of the molecule is COC(=O)[C@H](Cc1ccc(Oc2ccc(/C=C3\SC(=O)NC3=O)cc2)cc1)NC(=O)OC(C)(C)C. The zero-order valence-corrected chi connectivity index (χ0v) is 20.6. The molecule has 1 fully saturated rings. The van der Waals surface area contributed by atoms with E-state index in [0.717, 1.165) is 22.9 Å². The first-order chi connectivity index (χ1) is 16.5. The van der Waals surface area contributed by atoms with Crippen molar-refractivity contribution in [3.8, 4) is 11.5 Å². The number of rotatable bonds is 7. The van der Waals surface area contributed by atoms with E-state index in [1.165, 1.54) is 7.11 Å². The predicted octanol–water partition coefficient (Wildman–Crippen LogP) is 4.41. The monoisotopic (exact) mass is 498 g/mol. The van der Waals surface area contributed by atoms with Gasteiger partial charge >= 0.3 is 12.1 Å². The lowest BCUT2D eigenvalue weighted by Gasteiger charge is -2.22. The fraction of sp³-hybridized carbons (Fsp3) is 0.280. The van der Waals surface area contributed by atoms with Crippen molar-refractivity contribution in [1.82, 2.24) is 10.6 Å². The van der Waals surface area contributed by atoms with Gasteiger partial charge in [-0.1, -0.05) is 24.3 Å². The molecule has 9 nitrogen and oxygen atoms in total. The van der Waals surface area contributed by atoms with Gasteiger partial charge < -0.3 is 19.5 Å². The number of thioether (sulfide) groups is 1. The fourth-order valence-electron chi connectivity index (χ4n) is 3.06. The largest absolute Gasteiger partial charge is 0.467 e. The Morgan fingerprint density at radius 3 is 2.14 bits per heavy atom. The molecule has 1 saturated heterocycles. The van der Waals surface area contributed by atoms with Gasteiger partial charge in [0.25, 0.3) is 11.1 Å². The molecular formula is C25H26N2O7S. The van der Waals surface area contributed by atoms with E-state index < -0.39 is 29.6 Å². The third-order valence-electron chi connectivity index (χ3n) is 4.60. The van der Waals surface area contributed by atoms with Gasteiger partial charge in [-0.2, -0.15) is 0 Å². The summed E-state index contributed by atoms with van der Waals surface area (Å²) in [6.07, 6.45) is 1.14. The highest BCUT2D eigenvalue weighted by Gasteiger charge is 2.26. The van der Waals surface area contributed by atoms with E-state index in [4.69, 9.17) is 14.2 Å². The van der Waals surface area contributed by atoms with E-state index in [1.54, 1.807) is 75.4 Å². The number of carbonyl (C=O) groups excluding carboxylic acids is 4. The Balaban J connectivity index is 1.61. The van der Waals surface area contributed by atoms with Crippen LogP contribution in [-0.2, 0) is 25.5 Å². The average Bonchev–Trinajstić information content (AvgIpc) is 3.10. The number of benzene rings is 2. The highest BCUT2D eigenvalue weighted by atomic mass is 32.2. The van der Waals surface area contributed by atoms with Crippen molar-refractivity contribution >= 4 is 41.0 Å². The zero-order valence-electron chi connectivity index (χ0n) is 19.7. The normalized spacial score (nSPS) is 15.4. The topological polar surface area (TPSA) is 120 Å². The quantitative estimate of drug-likeness (QED) is 0.425. The summed E-state index contributed by atoms with van der Waals surface area (Å²) in [7, 11) is 1.26. The van der Waals surface area contributed by atoms with E-state index >= 15 is 0 Å². The lowest BCUT2D eigenvalue weighted by molar-refractivity contribution is -0.143. The number of carbonyl (C=O) groups is 4. The van der Waals surface area contributed by atoms with Crippen molar-refractivity contribution in [2.45, 2.75) is 38.8 Å². The Morgan fingerprint density at radius 1 is 1.03 bits per heavy atom. The first-order valence-corrected chi connectivity index (χ1v) is 11.5. The van der Waals surface area contributed by atoms with Crippen LogP contribution in [0.25, 0.3) is 6.08 Å². The predicted molar refractivity (Wildman–Crippen MR) is 131 cm³/mol. The van der Waals surface area contributed by atoms with Crippen molar-refractivity contribution < 1.29 is 33.4 Å². The van der Waals surface area contributed by atoms with Crippen LogP contribution in [0.4, 0.5) is 9.59 Å². The van der Waals surface area contributed by atoms with Crippen LogP contribution in [-0.4, -0.2) is 42.0 Å². The summed E-state index contributed by atoms with van der Waals surface area (Å²) in [5.74, 6) is 0.171. The summed E-state index contributed by atoms with van der Waals surface area (Å²) in [5, 5.41) is 4.38. The summed E-state index contributed by atoms with van der Waals surface area (Å²) < 4.78 is 15.9. The third kappa shape index (κ3) is 7.89. The van der Waals surface area contributed by atoms with E-state index in [9.17, 15) is 19.2 Å². The van der Waals surface area contributed by atoms with E-state index in [1.807, 2.05) is 0 Å². The van der Waals surface area contributed by atoms with Gasteiger partial charge in [0.1, 0.15) is 23.1 Å². The molecule has 3 amide bonds. The number of amides is 3. The van der Waals surface area contributed by atoms with Gasteiger partial charge in [0.05, 0.1) is 12.0 Å². The molecule has 0 radical (unpaired) electrons. The molecule has 1 aliphatic rings. The van der Waals surface area contributed by atoms with Crippen LogP contribution < -0.4 is 15.4 Å². The number of imide groups is 1. The number of methoxy groups -OCH3 is 1. The minimum atomic E-state index is -0.904. The van der Waals surface area contributed by atoms with E-state index in [2.05, 4.69) is 10.6 Å². The molecule has 3 rings (SSSR count). The van der Waals surface area contributed by atoms with Crippen molar-refractivity contribution in [1.29, 1.82) is 0 Å². The molecular weight excluding hydrogens is 472 g/mol. The van der Waals surface area contributed by atoms with E-state index in [0.29, 0.717) is 16.4 Å². The molecule has 184 valence electrons. The first-order valence-electron chi connectivity index (χ1n) is 10.7. The number of hydrogen-bond donors (Lipinski definition) is 2. The van der Waals surface area contributed by atoms with Crippen molar-refractivity contribution in [2.24, 2.45) is 0 Å². The molecule has 0 saturated carbocycles. The number of esters is 1. The van der Waals surface area contributed by atoms with Crippen molar-refractivity contribution in [3.63, 3.8) is 0 Å². The van der Waals surface area contributed by atoms with Gasteiger partial charge in [0.15, 0.2) is 0 Å². The number of hydrogen-bond acceptors (Lipinski definition) is 8. The zero-order chi connectivity index (χ0) is 25.6. The van der Waals surface area contributed by atoms with Gasteiger partial charge in [0, 0.05) is 6.42 Å². The summed E-state index contributed by atoms with van der Waals surface area (Å²) in [4.78, 5) is 47.5. The standard InChI is InChI=1S/C25H26N2O7S/c1-25(2,3)34-23(30)26-19(22(29)32-4)13-15-5-9-17(10-6-15)33-18-11-7-16(8-12-18)14-20-21(28)27-24(31)35-20/h5-12,14,19H,13H2,1-4H3,(H,26,30)(H,27,28,31)/b20-14-/t19-/m0/s1. The smallest absolute Gasteiger partial charge is 0.408 e. The molecule has 0 bridgehead atoms. The Bertz CT molecular complexity index is 1140. The Hall–Kier alpha value is -3.79. The highest BCUT2D eigenvalue weighted by Crippen LogP contribution is 2.27. The third-order valence-corrected chi connectivity index (χ3v) is 5.41. The average molecular weight is 499 g/mol. The van der Waals surface area contributed by atoms with Crippen LogP contribution in [0.2, 0.25) is 0 Å². The maximum atomic E-state index is 12.1. The molecule has 35 heavy (non-hydrogen) atoms. The second kappa shape index (κ2) is 11.1. The molecule has 10 heteroatoms. The van der Waals surface area contributed by atoms with Gasteiger partial charge in [-0.25, -0.2) is 9.59 Å². The van der Waals surface area contributed by atoms with Gasteiger partial charge in [-0.15, -0.1) is 0 Å². The molecule has 0 spiro atoms.